The molecule has 0 saturated heterocycles. The fourth-order valence-corrected chi connectivity index (χ4v) is 14.8. The van der Waals surface area contributed by atoms with Gasteiger partial charge in [-0.15, -0.1) is 0 Å². The van der Waals surface area contributed by atoms with E-state index in [0.29, 0.717) is 0 Å². The van der Waals surface area contributed by atoms with E-state index in [0.717, 1.165) is 5.69 Å². The number of para-hydroxylation sites is 1. The molecule has 1 nitrogen and oxygen atoms in total. The van der Waals surface area contributed by atoms with E-state index in [1.807, 2.05) is 0 Å². The zero-order chi connectivity index (χ0) is 36.0. The third-order valence-electron chi connectivity index (χ3n) is 11.6. The van der Waals surface area contributed by atoms with Crippen LogP contribution in [0, 0.1) is 7.14 Å². The SMILES string of the molecule is CC1(C)c2ccccc2-c2cc3c(-c4ccc(C5=Nc6ccccc6I5c5ccccc5)cc4)c4ccccc4c(-c4ccc5ccccc5c4)c3cc21. The molecule has 9 aromatic carbocycles. The van der Waals surface area contributed by atoms with Gasteiger partial charge in [0, 0.05) is 0 Å². The number of hydrogen-bond donors (Lipinski definition) is 0. The molecule has 256 valence electrons. The van der Waals surface area contributed by atoms with Crippen LogP contribution >= 0.6 is 19.8 Å². The Morgan fingerprint density at radius 3 is 1.85 bits per heavy atom. The molecule has 1 heterocycles. The molecule has 0 aromatic heterocycles. The summed E-state index contributed by atoms with van der Waals surface area (Å²) in [5.41, 5.74) is 12.8. The van der Waals surface area contributed by atoms with Gasteiger partial charge < -0.3 is 0 Å². The molecule has 2 aliphatic rings. The molecule has 2 heteroatoms. The molecule has 0 amide bonds. The van der Waals surface area contributed by atoms with E-state index >= 15 is 0 Å². The van der Waals surface area contributed by atoms with Crippen molar-refractivity contribution >= 4 is 61.5 Å². The first-order valence-corrected chi connectivity index (χ1v) is 21.9. The van der Waals surface area contributed by atoms with Gasteiger partial charge in [0.15, 0.2) is 0 Å². The van der Waals surface area contributed by atoms with Crippen molar-refractivity contribution in [2.24, 2.45) is 4.99 Å². The zero-order valence-corrected chi connectivity index (χ0v) is 32.3. The van der Waals surface area contributed by atoms with Crippen LogP contribution in [0.3, 0.4) is 0 Å². The van der Waals surface area contributed by atoms with Crippen LogP contribution in [0.1, 0.15) is 30.5 Å². The Kier molecular flexibility index (Phi) is 7.09. The van der Waals surface area contributed by atoms with Crippen molar-refractivity contribution in [1.29, 1.82) is 0 Å². The van der Waals surface area contributed by atoms with E-state index in [2.05, 4.69) is 196 Å². The van der Waals surface area contributed by atoms with Crippen LogP contribution in [-0.4, -0.2) is 3.72 Å². The number of benzene rings is 9. The Bertz CT molecular complexity index is 3010. The summed E-state index contributed by atoms with van der Waals surface area (Å²) in [5, 5.41) is 7.66. The second-order valence-electron chi connectivity index (χ2n) is 15.0. The Labute approximate surface area is 323 Å². The first-order chi connectivity index (χ1) is 26.5. The second kappa shape index (κ2) is 12.1. The summed E-state index contributed by atoms with van der Waals surface area (Å²) in [6.07, 6.45) is 0. The van der Waals surface area contributed by atoms with Crippen LogP contribution in [0.25, 0.3) is 65.7 Å². The molecular weight excluding hydrogens is 765 g/mol. The molecule has 0 spiro atoms. The van der Waals surface area contributed by atoms with Crippen LogP contribution in [0.15, 0.2) is 187 Å². The molecule has 0 fully saturated rings. The summed E-state index contributed by atoms with van der Waals surface area (Å²) >= 11 is -1.94. The monoisotopic (exact) mass is 801 g/mol. The van der Waals surface area contributed by atoms with Crippen molar-refractivity contribution in [2.75, 3.05) is 0 Å². The molecule has 0 bridgehead atoms. The van der Waals surface area contributed by atoms with E-state index in [-0.39, 0.29) is 5.41 Å². The summed E-state index contributed by atoms with van der Waals surface area (Å²) in [5.74, 6) is 0. The summed E-state index contributed by atoms with van der Waals surface area (Å²) in [6, 6.07) is 67.9. The van der Waals surface area contributed by atoms with Gasteiger partial charge in [-0.1, -0.05) is 30.3 Å². The summed E-state index contributed by atoms with van der Waals surface area (Å²) in [4.78, 5) is 5.31. The molecule has 1 aliphatic carbocycles. The molecule has 0 unspecified atom stereocenters. The number of aliphatic imine (C=N–C) groups is 1. The van der Waals surface area contributed by atoms with Gasteiger partial charge in [0.2, 0.25) is 0 Å². The fourth-order valence-electron chi connectivity index (χ4n) is 8.99. The number of nitrogens with zero attached hydrogens (tertiary/aromatic N) is 1. The normalized spacial score (nSPS) is 14.6. The van der Waals surface area contributed by atoms with Crippen molar-refractivity contribution in [3.05, 3.63) is 206 Å². The Hall–Kier alpha value is -5.84. The molecule has 54 heavy (non-hydrogen) atoms. The number of hydrogen-bond acceptors (Lipinski definition) is 1. The van der Waals surface area contributed by atoms with E-state index in [9.17, 15) is 0 Å². The van der Waals surface area contributed by atoms with Crippen molar-refractivity contribution in [3.63, 3.8) is 0 Å². The average Bonchev–Trinajstić information content (AvgIpc) is 3.72. The number of fused-ring (bicyclic) bond motifs is 7. The van der Waals surface area contributed by atoms with Gasteiger partial charge in [-0.2, -0.15) is 0 Å². The molecule has 0 atom stereocenters. The molecule has 0 radical (unpaired) electrons. The van der Waals surface area contributed by atoms with Crippen LogP contribution in [0.5, 0.6) is 0 Å². The Balaban J connectivity index is 1.16. The number of halogens is 1. The van der Waals surface area contributed by atoms with Gasteiger partial charge in [-0.3, -0.25) is 0 Å². The van der Waals surface area contributed by atoms with E-state index < -0.39 is 19.8 Å². The van der Waals surface area contributed by atoms with Gasteiger partial charge in [0.1, 0.15) is 0 Å². The Morgan fingerprint density at radius 1 is 0.426 bits per heavy atom. The molecule has 11 rings (SSSR count). The minimum absolute atomic E-state index is 0.104. The van der Waals surface area contributed by atoms with Gasteiger partial charge in [0.25, 0.3) is 0 Å². The Morgan fingerprint density at radius 2 is 1.04 bits per heavy atom. The van der Waals surface area contributed by atoms with Crippen LogP contribution in [0.4, 0.5) is 5.69 Å². The fraction of sp³-hybridized carbons (Fsp3) is 0.0577. The molecular formula is C52H36IN. The standard InChI is InChI=1S/C52H36IN/c1-52(2)45-21-11-10-18-39(45)42-31-43-44(32-46(42)52)50(37-29-24-33-14-6-7-15-36(33)30-37)41-20-9-8-19-40(41)49(43)34-25-27-35(28-26-34)51-53(38-16-4-3-5-17-38)47-22-12-13-23-48(47)54-51/h3-32H,1-2H3. The van der Waals surface area contributed by atoms with E-state index in [4.69, 9.17) is 4.99 Å². The van der Waals surface area contributed by atoms with Crippen LogP contribution < -0.4 is 0 Å². The summed E-state index contributed by atoms with van der Waals surface area (Å²) in [6.45, 7) is 4.77. The minimum atomic E-state index is -1.94. The van der Waals surface area contributed by atoms with E-state index in [1.165, 1.54) is 93.2 Å². The maximum atomic E-state index is 5.31. The van der Waals surface area contributed by atoms with Crippen molar-refractivity contribution < 1.29 is 0 Å². The molecule has 0 N–H and O–H groups in total. The van der Waals surface area contributed by atoms with Crippen molar-refractivity contribution in [1.82, 2.24) is 0 Å². The summed E-state index contributed by atoms with van der Waals surface area (Å²) < 4.78 is 4.11. The third-order valence-corrected chi connectivity index (χ3v) is 17.5. The van der Waals surface area contributed by atoms with Crippen LogP contribution in [0.2, 0.25) is 0 Å². The number of rotatable bonds is 4. The predicted octanol–water partition coefficient (Wildman–Crippen LogP) is 14.4. The van der Waals surface area contributed by atoms with Gasteiger partial charge >= 0.3 is 289 Å². The predicted molar refractivity (Wildman–Crippen MR) is 238 cm³/mol. The topological polar surface area (TPSA) is 12.4 Å². The summed E-state index contributed by atoms with van der Waals surface area (Å²) in [7, 11) is 0. The van der Waals surface area contributed by atoms with Crippen molar-refractivity contribution in [3.8, 4) is 33.4 Å². The van der Waals surface area contributed by atoms with E-state index in [1.54, 1.807) is 0 Å². The quantitative estimate of drug-likeness (QED) is 0.124. The first kappa shape index (κ1) is 31.7. The molecule has 0 saturated carbocycles. The van der Waals surface area contributed by atoms with Crippen molar-refractivity contribution in [2.45, 2.75) is 19.3 Å². The van der Waals surface area contributed by atoms with Gasteiger partial charge in [0.05, 0.1) is 0 Å². The maximum absolute atomic E-state index is 5.31. The second-order valence-corrected chi connectivity index (χ2v) is 20.0. The van der Waals surface area contributed by atoms with Gasteiger partial charge in [-0.25, -0.2) is 0 Å². The molecule has 1 aliphatic heterocycles. The first-order valence-electron chi connectivity index (χ1n) is 18.7. The average molecular weight is 802 g/mol. The molecule has 9 aromatic rings. The van der Waals surface area contributed by atoms with Gasteiger partial charge in [-0.05, 0) is 5.39 Å². The van der Waals surface area contributed by atoms with Crippen LogP contribution in [-0.2, 0) is 5.41 Å². The third kappa shape index (κ3) is 4.72. The zero-order valence-electron chi connectivity index (χ0n) is 30.1.